The van der Waals surface area contributed by atoms with E-state index in [9.17, 15) is 4.91 Å². The number of ether oxygens (including phenoxy) is 1. The highest BCUT2D eigenvalue weighted by molar-refractivity contribution is 5.40. The highest BCUT2D eigenvalue weighted by Gasteiger charge is 2.03. The predicted molar refractivity (Wildman–Crippen MR) is 55.3 cm³/mol. The van der Waals surface area contributed by atoms with Crippen LogP contribution in [0.5, 0.6) is 5.75 Å². The number of benzene rings is 1. The molecule has 0 unspecified atom stereocenters. The van der Waals surface area contributed by atoms with Crippen molar-refractivity contribution < 1.29 is 9.26 Å². The Morgan fingerprint density at radius 3 is 2.69 bits per heavy atom. The van der Waals surface area contributed by atoms with Gasteiger partial charge in [-0.3, -0.25) is 0 Å². The summed E-state index contributed by atoms with van der Waals surface area (Å²) in [4.78, 5) is 14.2. The largest absolute Gasteiger partial charge is 0.485 e. The number of aromatic nitrogens is 2. The molecule has 0 bridgehead atoms. The molecule has 0 atom stereocenters. The zero-order valence-electron chi connectivity index (χ0n) is 8.58. The summed E-state index contributed by atoms with van der Waals surface area (Å²) in [6, 6.07) is 6.46. The molecular formula is C10H9N3O3. The maximum atomic E-state index is 10.2. The first-order valence-electron chi connectivity index (χ1n) is 4.63. The van der Waals surface area contributed by atoms with E-state index in [2.05, 4.69) is 15.3 Å². The van der Waals surface area contributed by atoms with Gasteiger partial charge in [-0.1, -0.05) is 5.16 Å². The Hall–Kier alpha value is -2.24. The average Bonchev–Trinajstić information content (AvgIpc) is 2.73. The van der Waals surface area contributed by atoms with E-state index >= 15 is 0 Å². The van der Waals surface area contributed by atoms with Crippen molar-refractivity contribution in [3.8, 4) is 5.75 Å². The van der Waals surface area contributed by atoms with E-state index in [1.165, 1.54) is 0 Å². The average molecular weight is 219 g/mol. The fraction of sp³-hybridized carbons (Fsp3) is 0.200. The van der Waals surface area contributed by atoms with Crippen molar-refractivity contribution >= 4 is 5.69 Å². The Kier molecular flexibility index (Phi) is 2.90. The SMILES string of the molecule is Cc1nc(COc2ccc(N=O)cc2)no1. The summed E-state index contributed by atoms with van der Waals surface area (Å²) in [5.74, 6) is 1.60. The van der Waals surface area contributed by atoms with Gasteiger partial charge in [0.15, 0.2) is 6.61 Å². The molecule has 0 aliphatic carbocycles. The van der Waals surface area contributed by atoms with Crippen LogP contribution >= 0.6 is 0 Å². The minimum atomic E-state index is 0.227. The van der Waals surface area contributed by atoms with Crippen molar-refractivity contribution in [1.29, 1.82) is 0 Å². The maximum absolute atomic E-state index is 10.2. The van der Waals surface area contributed by atoms with Crippen LogP contribution in [0.15, 0.2) is 34.0 Å². The molecule has 1 aromatic heterocycles. The van der Waals surface area contributed by atoms with Crippen LogP contribution in [-0.2, 0) is 6.61 Å². The molecule has 16 heavy (non-hydrogen) atoms. The summed E-state index contributed by atoms with van der Waals surface area (Å²) in [6.07, 6.45) is 0. The van der Waals surface area contributed by atoms with Gasteiger partial charge in [-0.2, -0.15) is 4.98 Å². The van der Waals surface area contributed by atoms with E-state index in [-0.39, 0.29) is 6.61 Å². The third-order valence-corrected chi connectivity index (χ3v) is 1.88. The minimum absolute atomic E-state index is 0.227. The monoisotopic (exact) mass is 219 g/mol. The van der Waals surface area contributed by atoms with Gasteiger partial charge in [-0.15, -0.1) is 4.91 Å². The number of rotatable bonds is 4. The molecule has 2 rings (SSSR count). The van der Waals surface area contributed by atoms with Gasteiger partial charge in [0.25, 0.3) is 0 Å². The molecule has 1 heterocycles. The molecule has 0 fully saturated rings. The highest BCUT2D eigenvalue weighted by Crippen LogP contribution is 2.18. The second-order valence-electron chi connectivity index (χ2n) is 3.10. The molecule has 0 aliphatic heterocycles. The van der Waals surface area contributed by atoms with E-state index in [1.54, 1.807) is 31.2 Å². The lowest BCUT2D eigenvalue weighted by Crippen LogP contribution is -1.97. The van der Waals surface area contributed by atoms with Crippen LogP contribution < -0.4 is 4.74 Å². The van der Waals surface area contributed by atoms with Gasteiger partial charge in [0, 0.05) is 6.92 Å². The van der Waals surface area contributed by atoms with E-state index in [4.69, 9.17) is 9.26 Å². The zero-order chi connectivity index (χ0) is 11.4. The Balaban J connectivity index is 1.96. The van der Waals surface area contributed by atoms with E-state index in [1.807, 2.05) is 0 Å². The van der Waals surface area contributed by atoms with Crippen molar-refractivity contribution in [3.05, 3.63) is 40.9 Å². The van der Waals surface area contributed by atoms with E-state index in [0.717, 1.165) is 0 Å². The lowest BCUT2D eigenvalue weighted by molar-refractivity contribution is 0.286. The summed E-state index contributed by atoms with van der Waals surface area (Å²) in [6.45, 7) is 1.94. The predicted octanol–water partition coefficient (Wildman–Crippen LogP) is 2.35. The Labute approximate surface area is 91.2 Å². The number of hydrogen-bond donors (Lipinski definition) is 0. The smallest absolute Gasteiger partial charge is 0.223 e. The molecule has 0 spiro atoms. The molecule has 0 radical (unpaired) electrons. The van der Waals surface area contributed by atoms with Crippen LogP contribution in [0.4, 0.5) is 5.69 Å². The maximum Gasteiger partial charge on any atom is 0.223 e. The molecule has 2 aromatic rings. The number of nitrogens with zero attached hydrogens (tertiary/aromatic N) is 3. The van der Waals surface area contributed by atoms with Crippen molar-refractivity contribution in [2.45, 2.75) is 13.5 Å². The third-order valence-electron chi connectivity index (χ3n) is 1.88. The second-order valence-corrected chi connectivity index (χ2v) is 3.10. The first kappa shape index (κ1) is 10.3. The summed E-state index contributed by atoms with van der Waals surface area (Å²) < 4.78 is 10.2. The fourth-order valence-electron chi connectivity index (χ4n) is 1.15. The standard InChI is InChI=1S/C10H9N3O3/c1-7-11-10(13-16-7)6-15-9-4-2-8(12-14)3-5-9/h2-5H,6H2,1H3. The normalized spacial score (nSPS) is 10.1. The van der Waals surface area contributed by atoms with Crippen molar-refractivity contribution in [2.24, 2.45) is 5.18 Å². The Morgan fingerprint density at radius 2 is 2.12 bits per heavy atom. The van der Waals surface area contributed by atoms with Crippen molar-refractivity contribution in [2.75, 3.05) is 0 Å². The summed E-state index contributed by atoms with van der Waals surface area (Å²) in [5.41, 5.74) is 0.364. The van der Waals surface area contributed by atoms with E-state index in [0.29, 0.717) is 23.2 Å². The van der Waals surface area contributed by atoms with Gasteiger partial charge in [0.1, 0.15) is 11.4 Å². The van der Waals surface area contributed by atoms with Crippen LogP contribution in [0.1, 0.15) is 11.7 Å². The van der Waals surface area contributed by atoms with Crippen LogP contribution in [0.25, 0.3) is 0 Å². The zero-order valence-corrected chi connectivity index (χ0v) is 8.58. The fourth-order valence-corrected chi connectivity index (χ4v) is 1.15. The summed E-state index contributed by atoms with van der Waals surface area (Å²) >= 11 is 0. The van der Waals surface area contributed by atoms with Crippen LogP contribution in [0.3, 0.4) is 0 Å². The minimum Gasteiger partial charge on any atom is -0.485 e. The molecule has 6 nitrogen and oxygen atoms in total. The van der Waals surface area contributed by atoms with Gasteiger partial charge in [0.05, 0.1) is 0 Å². The second kappa shape index (κ2) is 4.52. The van der Waals surface area contributed by atoms with Crippen molar-refractivity contribution in [3.63, 3.8) is 0 Å². The third kappa shape index (κ3) is 2.41. The molecule has 0 amide bonds. The topological polar surface area (TPSA) is 77.6 Å². The van der Waals surface area contributed by atoms with Crippen LogP contribution in [-0.4, -0.2) is 10.1 Å². The number of hydrogen-bond acceptors (Lipinski definition) is 6. The molecule has 0 aliphatic rings. The molecular weight excluding hydrogens is 210 g/mol. The lowest BCUT2D eigenvalue weighted by Gasteiger charge is -2.01. The van der Waals surface area contributed by atoms with Gasteiger partial charge >= 0.3 is 0 Å². The first-order chi connectivity index (χ1) is 7.78. The summed E-state index contributed by atoms with van der Waals surface area (Å²) in [5, 5.41) is 6.47. The molecule has 0 saturated heterocycles. The molecule has 82 valence electrons. The quantitative estimate of drug-likeness (QED) is 0.737. The first-order valence-corrected chi connectivity index (χ1v) is 4.63. The molecule has 1 aromatic carbocycles. The Bertz CT molecular complexity index is 478. The number of nitroso groups, excluding NO2 is 1. The Morgan fingerprint density at radius 1 is 1.38 bits per heavy atom. The summed E-state index contributed by atoms with van der Waals surface area (Å²) in [7, 11) is 0. The molecule has 6 heteroatoms. The van der Waals surface area contributed by atoms with Crippen LogP contribution in [0, 0.1) is 11.8 Å². The molecule has 0 N–H and O–H groups in total. The highest BCUT2D eigenvalue weighted by atomic mass is 16.5. The van der Waals surface area contributed by atoms with Gasteiger partial charge in [0.2, 0.25) is 11.7 Å². The van der Waals surface area contributed by atoms with E-state index < -0.39 is 0 Å². The van der Waals surface area contributed by atoms with Crippen LogP contribution in [0.2, 0.25) is 0 Å². The van der Waals surface area contributed by atoms with Gasteiger partial charge in [-0.05, 0) is 29.4 Å². The lowest BCUT2D eigenvalue weighted by atomic mass is 10.3. The van der Waals surface area contributed by atoms with Crippen molar-refractivity contribution in [1.82, 2.24) is 10.1 Å². The van der Waals surface area contributed by atoms with Gasteiger partial charge in [-0.25, -0.2) is 0 Å². The molecule has 0 saturated carbocycles. The van der Waals surface area contributed by atoms with Gasteiger partial charge < -0.3 is 9.26 Å². The number of aryl methyl sites for hydroxylation is 1.